The third-order valence-electron chi connectivity index (χ3n) is 4.76. The fraction of sp³-hybridized carbons (Fsp3) is 0.333. The first kappa shape index (κ1) is 18.6. The minimum atomic E-state index is -0.129. The molecule has 0 radical (unpaired) electrons. The zero-order chi connectivity index (χ0) is 19.5. The second-order valence-corrected chi connectivity index (χ2v) is 7.85. The third-order valence-corrected chi connectivity index (χ3v) is 5.88. The molecule has 6 nitrogen and oxygen atoms in total. The van der Waals surface area contributed by atoms with E-state index in [1.54, 1.807) is 3.96 Å². The molecule has 0 aliphatic carbocycles. The van der Waals surface area contributed by atoms with Gasteiger partial charge in [-0.2, -0.15) is 0 Å². The van der Waals surface area contributed by atoms with E-state index in [-0.39, 0.29) is 17.5 Å². The van der Waals surface area contributed by atoms with Crippen molar-refractivity contribution in [1.29, 1.82) is 0 Å². The number of carbonyl (C=O) groups excluding carboxylic acids is 1. The summed E-state index contributed by atoms with van der Waals surface area (Å²) in [6.07, 6.45) is 0.988. The molecule has 7 heteroatoms. The van der Waals surface area contributed by atoms with E-state index < -0.39 is 0 Å². The highest BCUT2D eigenvalue weighted by molar-refractivity contribution is 7.13. The lowest BCUT2D eigenvalue weighted by Crippen LogP contribution is -2.27. The number of nitrogens with zero attached hydrogens (tertiary/aromatic N) is 1. The summed E-state index contributed by atoms with van der Waals surface area (Å²) < 4.78 is 13.8. The van der Waals surface area contributed by atoms with Crippen LogP contribution in [0.25, 0.3) is 10.1 Å². The van der Waals surface area contributed by atoms with Gasteiger partial charge < -0.3 is 14.8 Å². The smallest absolute Gasteiger partial charge is 0.268 e. The van der Waals surface area contributed by atoms with Crippen LogP contribution in [0, 0.1) is 0 Å². The highest BCUT2D eigenvalue weighted by atomic mass is 32.1. The standard InChI is InChI=1S/C21H22N2O4S/c1-14(15-8-9-17-18(13-15)27-12-11-26-17)22-20(24)7-4-10-23-21(25)16-5-2-3-6-19(16)28-23/h2-3,5-6,8-9,13-14H,4,7,10-12H2,1H3,(H,22,24). The molecular formula is C21H22N2O4S. The summed E-state index contributed by atoms with van der Waals surface area (Å²) in [7, 11) is 0. The number of rotatable bonds is 6. The van der Waals surface area contributed by atoms with E-state index in [1.165, 1.54) is 11.5 Å². The molecule has 1 aliphatic heterocycles. The Morgan fingerprint density at radius 1 is 1.18 bits per heavy atom. The summed E-state index contributed by atoms with van der Waals surface area (Å²) in [4.78, 5) is 24.6. The molecule has 0 bridgehead atoms. The maximum atomic E-state index is 12.3. The van der Waals surface area contributed by atoms with Gasteiger partial charge in [0.1, 0.15) is 13.2 Å². The molecule has 3 aromatic rings. The van der Waals surface area contributed by atoms with E-state index in [0.717, 1.165) is 21.4 Å². The third kappa shape index (κ3) is 3.89. The summed E-state index contributed by atoms with van der Waals surface area (Å²) in [6.45, 7) is 3.58. The molecule has 28 heavy (non-hydrogen) atoms. The monoisotopic (exact) mass is 398 g/mol. The van der Waals surface area contributed by atoms with Crippen LogP contribution in [0.3, 0.4) is 0 Å². The van der Waals surface area contributed by atoms with Gasteiger partial charge in [-0.3, -0.25) is 13.5 Å². The van der Waals surface area contributed by atoms with Crippen molar-refractivity contribution < 1.29 is 14.3 Å². The molecule has 2 heterocycles. The molecule has 1 amide bonds. The maximum Gasteiger partial charge on any atom is 0.268 e. The van der Waals surface area contributed by atoms with Gasteiger partial charge in [0.2, 0.25) is 5.91 Å². The fourth-order valence-corrected chi connectivity index (χ4v) is 4.31. The van der Waals surface area contributed by atoms with Crippen LogP contribution in [0.1, 0.15) is 31.4 Å². The number of ether oxygens (including phenoxy) is 2. The predicted molar refractivity (Wildman–Crippen MR) is 109 cm³/mol. The van der Waals surface area contributed by atoms with Crippen molar-refractivity contribution in [2.75, 3.05) is 13.2 Å². The maximum absolute atomic E-state index is 12.3. The van der Waals surface area contributed by atoms with E-state index in [9.17, 15) is 9.59 Å². The van der Waals surface area contributed by atoms with E-state index in [1.807, 2.05) is 49.4 Å². The lowest BCUT2D eigenvalue weighted by molar-refractivity contribution is -0.121. The van der Waals surface area contributed by atoms with Crippen molar-refractivity contribution in [3.63, 3.8) is 0 Å². The molecule has 1 unspecified atom stereocenters. The van der Waals surface area contributed by atoms with Gasteiger partial charge in [0, 0.05) is 13.0 Å². The molecule has 0 saturated carbocycles. The van der Waals surface area contributed by atoms with E-state index in [4.69, 9.17) is 9.47 Å². The second-order valence-electron chi connectivity index (χ2n) is 6.79. The number of amides is 1. The van der Waals surface area contributed by atoms with Crippen LogP contribution in [0.15, 0.2) is 47.3 Å². The Hall–Kier alpha value is -2.80. The van der Waals surface area contributed by atoms with Crippen LogP contribution >= 0.6 is 11.5 Å². The number of hydrogen-bond donors (Lipinski definition) is 1. The number of aryl methyl sites for hydroxylation is 1. The minimum Gasteiger partial charge on any atom is -0.486 e. The van der Waals surface area contributed by atoms with Gasteiger partial charge in [0.25, 0.3) is 5.56 Å². The van der Waals surface area contributed by atoms with Crippen LogP contribution in [-0.4, -0.2) is 23.1 Å². The Morgan fingerprint density at radius 3 is 2.79 bits per heavy atom. The van der Waals surface area contributed by atoms with Crippen LogP contribution < -0.4 is 20.3 Å². The molecule has 1 N–H and O–H groups in total. The molecule has 1 aliphatic rings. The van der Waals surface area contributed by atoms with Crippen molar-refractivity contribution in [3.8, 4) is 11.5 Å². The molecule has 2 aromatic carbocycles. The minimum absolute atomic E-state index is 0.0191. The van der Waals surface area contributed by atoms with Crippen LogP contribution in [0.5, 0.6) is 11.5 Å². The van der Waals surface area contributed by atoms with Gasteiger partial charge in [0.05, 0.1) is 16.1 Å². The zero-order valence-electron chi connectivity index (χ0n) is 15.6. The first-order chi connectivity index (χ1) is 13.6. The lowest BCUT2D eigenvalue weighted by Gasteiger charge is -2.21. The van der Waals surface area contributed by atoms with Crippen LogP contribution in [-0.2, 0) is 11.3 Å². The summed E-state index contributed by atoms with van der Waals surface area (Å²) in [5.41, 5.74) is 0.990. The second kappa shape index (κ2) is 8.06. The first-order valence-electron chi connectivity index (χ1n) is 9.39. The van der Waals surface area contributed by atoms with Gasteiger partial charge in [-0.05, 0) is 43.2 Å². The van der Waals surface area contributed by atoms with E-state index in [0.29, 0.717) is 38.3 Å². The van der Waals surface area contributed by atoms with Crippen molar-refractivity contribution in [2.24, 2.45) is 0 Å². The summed E-state index contributed by atoms with van der Waals surface area (Å²) in [6, 6.07) is 13.2. The van der Waals surface area contributed by atoms with Gasteiger partial charge in [-0.25, -0.2) is 0 Å². The number of fused-ring (bicyclic) bond motifs is 2. The number of benzene rings is 2. The van der Waals surface area contributed by atoms with Crippen LogP contribution in [0.4, 0.5) is 0 Å². The van der Waals surface area contributed by atoms with Gasteiger partial charge >= 0.3 is 0 Å². The number of carbonyl (C=O) groups is 1. The lowest BCUT2D eigenvalue weighted by atomic mass is 10.1. The Balaban J connectivity index is 1.31. The normalized spacial score (nSPS) is 14.0. The van der Waals surface area contributed by atoms with Crippen molar-refractivity contribution in [3.05, 3.63) is 58.4 Å². The number of hydrogen-bond acceptors (Lipinski definition) is 5. The van der Waals surface area contributed by atoms with Gasteiger partial charge in [-0.15, -0.1) is 0 Å². The van der Waals surface area contributed by atoms with Crippen molar-refractivity contribution >= 4 is 27.5 Å². The zero-order valence-corrected chi connectivity index (χ0v) is 16.5. The summed E-state index contributed by atoms with van der Waals surface area (Å²) in [5.74, 6) is 1.42. The first-order valence-corrected chi connectivity index (χ1v) is 10.2. The quantitative estimate of drug-likeness (QED) is 0.690. The van der Waals surface area contributed by atoms with Crippen molar-refractivity contribution in [1.82, 2.24) is 9.27 Å². The largest absolute Gasteiger partial charge is 0.486 e. The summed E-state index contributed by atoms with van der Waals surface area (Å²) in [5, 5.41) is 3.75. The molecule has 146 valence electrons. The molecule has 0 spiro atoms. The molecule has 4 rings (SSSR count). The average Bonchev–Trinajstić information content (AvgIpc) is 3.03. The molecule has 0 fully saturated rings. The van der Waals surface area contributed by atoms with E-state index >= 15 is 0 Å². The molecule has 1 aromatic heterocycles. The predicted octanol–water partition coefficient (Wildman–Crippen LogP) is 3.49. The highest BCUT2D eigenvalue weighted by Gasteiger charge is 2.16. The molecule has 1 atom stereocenters. The SMILES string of the molecule is CC(NC(=O)CCCn1sc2ccccc2c1=O)c1ccc2c(c1)OCCO2. The number of nitrogens with one attached hydrogen (secondary N) is 1. The molecular weight excluding hydrogens is 376 g/mol. The van der Waals surface area contributed by atoms with E-state index in [2.05, 4.69) is 5.32 Å². The average molecular weight is 398 g/mol. The van der Waals surface area contributed by atoms with Crippen molar-refractivity contribution in [2.45, 2.75) is 32.4 Å². The summed E-state index contributed by atoms with van der Waals surface area (Å²) >= 11 is 1.45. The van der Waals surface area contributed by atoms with Gasteiger partial charge in [0.15, 0.2) is 11.5 Å². The Kier molecular flexibility index (Phi) is 5.34. The highest BCUT2D eigenvalue weighted by Crippen LogP contribution is 2.32. The van der Waals surface area contributed by atoms with Crippen LogP contribution in [0.2, 0.25) is 0 Å². The Morgan fingerprint density at radius 2 is 1.96 bits per heavy atom. The Bertz CT molecular complexity index is 1060. The number of aromatic nitrogens is 1. The fourth-order valence-electron chi connectivity index (χ4n) is 3.27. The Labute approximate surface area is 166 Å². The molecule has 0 saturated heterocycles. The van der Waals surface area contributed by atoms with Gasteiger partial charge in [-0.1, -0.05) is 29.7 Å². The topological polar surface area (TPSA) is 69.6 Å².